The number of nitrogens with one attached hydrogen (secondary N) is 2. The van der Waals surface area contributed by atoms with Crippen molar-refractivity contribution >= 4 is 22.6 Å². The van der Waals surface area contributed by atoms with Gasteiger partial charge in [0.15, 0.2) is 6.10 Å². The number of carbonyl (C=O) groups excluding carboxylic acids is 2. The predicted molar refractivity (Wildman–Crippen MR) is 96.9 cm³/mol. The van der Waals surface area contributed by atoms with E-state index in [4.69, 9.17) is 4.74 Å². The molecule has 1 aliphatic rings. The summed E-state index contributed by atoms with van der Waals surface area (Å²) in [6.45, 7) is 1.66. The second-order valence-electron chi connectivity index (χ2n) is 6.58. The maximum atomic E-state index is 12.1. The average Bonchev–Trinajstić information content (AvgIpc) is 2.66. The maximum absolute atomic E-state index is 12.1. The Morgan fingerprint density at radius 3 is 2.48 bits per heavy atom. The summed E-state index contributed by atoms with van der Waals surface area (Å²) >= 11 is 0. The van der Waals surface area contributed by atoms with Crippen LogP contribution in [0.4, 0.5) is 0 Å². The van der Waals surface area contributed by atoms with E-state index in [1.54, 1.807) is 6.92 Å². The van der Waals surface area contributed by atoms with Gasteiger partial charge in [-0.3, -0.25) is 20.4 Å². The van der Waals surface area contributed by atoms with E-state index >= 15 is 0 Å². The maximum Gasteiger partial charge on any atom is 0.279 e. The van der Waals surface area contributed by atoms with Crippen molar-refractivity contribution in [2.45, 2.75) is 45.1 Å². The zero-order chi connectivity index (χ0) is 17.6. The first-order valence-corrected chi connectivity index (χ1v) is 8.88. The van der Waals surface area contributed by atoms with Gasteiger partial charge in [-0.2, -0.15) is 0 Å². The number of fused-ring (bicyclic) bond motifs is 1. The second kappa shape index (κ2) is 8.01. The quantitative estimate of drug-likeness (QED) is 0.839. The molecule has 0 aliphatic heterocycles. The van der Waals surface area contributed by atoms with E-state index in [-0.39, 0.29) is 17.7 Å². The molecule has 0 heterocycles. The molecule has 1 aliphatic carbocycles. The molecule has 2 N–H and O–H groups in total. The standard InChI is InChI=1S/C20H24N2O3/c1-14(19(23)21-22-20(24)16-8-3-2-4-9-16)25-18-12-11-15-7-5-6-10-17(15)13-18/h5-7,10-14,16H,2-4,8-9H2,1H3,(H,21,23)(H,22,24). The average molecular weight is 340 g/mol. The molecule has 0 saturated heterocycles. The van der Waals surface area contributed by atoms with Gasteiger partial charge in [-0.25, -0.2) is 0 Å². The molecule has 2 aromatic rings. The first kappa shape index (κ1) is 17.3. The molecule has 5 nitrogen and oxygen atoms in total. The van der Waals surface area contributed by atoms with Gasteiger partial charge in [0, 0.05) is 5.92 Å². The summed E-state index contributed by atoms with van der Waals surface area (Å²) in [7, 11) is 0. The Labute approximate surface area is 147 Å². The number of benzene rings is 2. The number of hydrogen-bond acceptors (Lipinski definition) is 3. The van der Waals surface area contributed by atoms with Crippen LogP contribution in [0, 0.1) is 5.92 Å². The van der Waals surface area contributed by atoms with Crippen molar-refractivity contribution in [1.29, 1.82) is 0 Å². The van der Waals surface area contributed by atoms with Crippen molar-refractivity contribution in [2.75, 3.05) is 0 Å². The van der Waals surface area contributed by atoms with Gasteiger partial charge in [-0.05, 0) is 42.7 Å². The van der Waals surface area contributed by atoms with Gasteiger partial charge >= 0.3 is 0 Å². The van der Waals surface area contributed by atoms with Crippen LogP contribution in [0.25, 0.3) is 10.8 Å². The van der Waals surface area contributed by atoms with Gasteiger partial charge in [-0.15, -0.1) is 0 Å². The highest BCUT2D eigenvalue weighted by molar-refractivity contribution is 5.86. The van der Waals surface area contributed by atoms with Crippen molar-refractivity contribution in [3.63, 3.8) is 0 Å². The minimum absolute atomic E-state index is 0.00534. The molecule has 3 rings (SSSR count). The van der Waals surface area contributed by atoms with E-state index < -0.39 is 6.10 Å². The number of amides is 2. The molecule has 0 bridgehead atoms. The lowest BCUT2D eigenvalue weighted by Gasteiger charge is -2.21. The molecule has 5 heteroatoms. The molecule has 1 saturated carbocycles. The summed E-state index contributed by atoms with van der Waals surface area (Å²) in [6, 6.07) is 13.7. The summed E-state index contributed by atoms with van der Waals surface area (Å²) in [5.41, 5.74) is 5.00. The lowest BCUT2D eigenvalue weighted by Crippen LogP contribution is -2.49. The van der Waals surface area contributed by atoms with Crippen LogP contribution < -0.4 is 15.6 Å². The van der Waals surface area contributed by atoms with Crippen LogP contribution in [0.5, 0.6) is 5.75 Å². The van der Waals surface area contributed by atoms with E-state index in [0.29, 0.717) is 5.75 Å². The zero-order valence-electron chi connectivity index (χ0n) is 14.5. The zero-order valence-corrected chi connectivity index (χ0v) is 14.5. The normalized spacial score (nSPS) is 16.2. The van der Waals surface area contributed by atoms with Crippen molar-refractivity contribution < 1.29 is 14.3 Å². The Morgan fingerprint density at radius 2 is 1.72 bits per heavy atom. The number of carbonyl (C=O) groups is 2. The van der Waals surface area contributed by atoms with Crippen LogP contribution in [0.2, 0.25) is 0 Å². The van der Waals surface area contributed by atoms with Crippen molar-refractivity contribution in [3.8, 4) is 5.75 Å². The van der Waals surface area contributed by atoms with Crippen molar-refractivity contribution in [3.05, 3.63) is 42.5 Å². The third-order valence-electron chi connectivity index (χ3n) is 4.69. The lowest BCUT2D eigenvalue weighted by molar-refractivity contribution is -0.134. The topological polar surface area (TPSA) is 67.4 Å². The Kier molecular flexibility index (Phi) is 5.53. The molecule has 2 amide bonds. The molecule has 1 atom stereocenters. The molecule has 0 aromatic heterocycles. The molecule has 0 spiro atoms. The van der Waals surface area contributed by atoms with Gasteiger partial charge in [0.05, 0.1) is 0 Å². The van der Waals surface area contributed by atoms with Crippen LogP contribution >= 0.6 is 0 Å². The fraction of sp³-hybridized carbons (Fsp3) is 0.400. The van der Waals surface area contributed by atoms with E-state index in [1.165, 1.54) is 6.42 Å². The third kappa shape index (κ3) is 4.50. The SMILES string of the molecule is CC(Oc1ccc2ccccc2c1)C(=O)NNC(=O)C1CCCCC1. The van der Waals surface area contributed by atoms with Gasteiger partial charge in [0.2, 0.25) is 5.91 Å². The highest BCUT2D eigenvalue weighted by atomic mass is 16.5. The lowest BCUT2D eigenvalue weighted by atomic mass is 9.89. The summed E-state index contributed by atoms with van der Waals surface area (Å²) in [4.78, 5) is 24.2. The van der Waals surface area contributed by atoms with Crippen molar-refractivity contribution in [2.24, 2.45) is 5.92 Å². The van der Waals surface area contributed by atoms with E-state index in [0.717, 1.165) is 36.5 Å². The molecule has 25 heavy (non-hydrogen) atoms. The fourth-order valence-corrected chi connectivity index (χ4v) is 3.19. The van der Waals surface area contributed by atoms with Crippen LogP contribution in [-0.2, 0) is 9.59 Å². The van der Waals surface area contributed by atoms with Crippen LogP contribution in [0.15, 0.2) is 42.5 Å². The van der Waals surface area contributed by atoms with Crippen LogP contribution in [0.3, 0.4) is 0 Å². The van der Waals surface area contributed by atoms with E-state index in [9.17, 15) is 9.59 Å². The van der Waals surface area contributed by atoms with E-state index in [2.05, 4.69) is 10.9 Å². The van der Waals surface area contributed by atoms with E-state index in [1.807, 2.05) is 42.5 Å². The molecular formula is C20H24N2O3. The smallest absolute Gasteiger partial charge is 0.279 e. The van der Waals surface area contributed by atoms with Gasteiger partial charge in [0.1, 0.15) is 5.75 Å². The number of hydrazine groups is 1. The Hall–Kier alpha value is -2.56. The third-order valence-corrected chi connectivity index (χ3v) is 4.69. The first-order chi connectivity index (χ1) is 12.1. The molecule has 0 radical (unpaired) electrons. The van der Waals surface area contributed by atoms with Gasteiger partial charge in [0.25, 0.3) is 5.91 Å². The van der Waals surface area contributed by atoms with Gasteiger partial charge in [-0.1, -0.05) is 49.6 Å². The largest absolute Gasteiger partial charge is 0.481 e. The van der Waals surface area contributed by atoms with Gasteiger partial charge < -0.3 is 4.74 Å². The molecule has 1 unspecified atom stereocenters. The highest BCUT2D eigenvalue weighted by Gasteiger charge is 2.22. The summed E-state index contributed by atoms with van der Waals surface area (Å²) in [5.74, 6) is 0.161. The van der Waals surface area contributed by atoms with Crippen LogP contribution in [0.1, 0.15) is 39.0 Å². The predicted octanol–water partition coefficient (Wildman–Crippen LogP) is 3.33. The Balaban J connectivity index is 1.52. The monoisotopic (exact) mass is 340 g/mol. The fourth-order valence-electron chi connectivity index (χ4n) is 3.19. The van der Waals surface area contributed by atoms with Crippen molar-refractivity contribution in [1.82, 2.24) is 10.9 Å². The number of rotatable bonds is 4. The minimum atomic E-state index is -0.701. The molecule has 2 aromatic carbocycles. The number of ether oxygens (including phenoxy) is 1. The summed E-state index contributed by atoms with van der Waals surface area (Å²) in [6.07, 6.45) is 4.43. The number of hydrogen-bond donors (Lipinski definition) is 2. The highest BCUT2D eigenvalue weighted by Crippen LogP contribution is 2.23. The Morgan fingerprint density at radius 1 is 1.00 bits per heavy atom. The summed E-state index contributed by atoms with van der Waals surface area (Å²) < 4.78 is 5.70. The minimum Gasteiger partial charge on any atom is -0.481 e. The first-order valence-electron chi connectivity index (χ1n) is 8.88. The molecule has 1 fully saturated rings. The summed E-state index contributed by atoms with van der Waals surface area (Å²) in [5, 5.41) is 2.17. The molecule has 132 valence electrons. The van der Waals surface area contributed by atoms with Crippen LogP contribution in [-0.4, -0.2) is 17.9 Å². The Bertz CT molecular complexity index is 753. The second-order valence-corrected chi connectivity index (χ2v) is 6.58. The molecular weight excluding hydrogens is 316 g/mol.